The van der Waals surface area contributed by atoms with E-state index in [1.54, 1.807) is 0 Å². The molecule has 1 aliphatic carbocycles. The molecule has 1 rings (SSSR count). The van der Waals surface area contributed by atoms with Crippen molar-refractivity contribution in [3.63, 3.8) is 0 Å². The van der Waals surface area contributed by atoms with Crippen LogP contribution in [0.3, 0.4) is 0 Å². The average molecular weight is 204 g/mol. The highest BCUT2D eigenvalue weighted by atomic mass is 14.2. The second-order valence-electron chi connectivity index (χ2n) is 5.06. The Bertz CT molecular complexity index is 264. The fourth-order valence-corrected chi connectivity index (χ4v) is 2.11. The molecule has 0 radical (unpaired) electrons. The lowest BCUT2D eigenvalue weighted by Crippen LogP contribution is -2.12. The van der Waals surface area contributed by atoms with Crippen LogP contribution in [-0.4, -0.2) is 0 Å². The molecular weight excluding hydrogens is 180 g/mol. The highest BCUT2D eigenvalue weighted by Gasteiger charge is 2.16. The highest BCUT2D eigenvalue weighted by Crippen LogP contribution is 2.29. The molecule has 0 bridgehead atoms. The summed E-state index contributed by atoms with van der Waals surface area (Å²) in [6.45, 7) is 10.7. The Morgan fingerprint density at radius 3 is 2.87 bits per heavy atom. The summed E-state index contributed by atoms with van der Waals surface area (Å²) in [5, 5.41) is 0. The zero-order valence-corrected chi connectivity index (χ0v) is 10.4. The topological polar surface area (TPSA) is 0 Å². The summed E-state index contributed by atoms with van der Waals surface area (Å²) < 4.78 is 0. The second kappa shape index (κ2) is 5.95. The summed E-state index contributed by atoms with van der Waals surface area (Å²) in [5.41, 5.74) is 2.73. The van der Waals surface area contributed by atoms with E-state index in [1.165, 1.54) is 36.8 Å². The van der Waals surface area contributed by atoms with Crippen molar-refractivity contribution >= 4 is 0 Å². The van der Waals surface area contributed by atoms with Gasteiger partial charge in [0.15, 0.2) is 0 Å². The van der Waals surface area contributed by atoms with Gasteiger partial charge in [0.25, 0.3) is 0 Å². The number of hydrogen-bond acceptors (Lipinski definition) is 0. The molecule has 0 fully saturated rings. The van der Waals surface area contributed by atoms with Crippen LogP contribution in [0, 0.1) is 11.8 Å². The summed E-state index contributed by atoms with van der Waals surface area (Å²) in [4.78, 5) is 0. The van der Waals surface area contributed by atoms with Crippen LogP contribution in [-0.2, 0) is 0 Å². The van der Waals surface area contributed by atoms with Crippen molar-refractivity contribution < 1.29 is 0 Å². The molecule has 0 amide bonds. The molecule has 0 aromatic heterocycles. The van der Waals surface area contributed by atoms with Gasteiger partial charge in [0.1, 0.15) is 0 Å². The van der Waals surface area contributed by atoms with E-state index in [0.717, 1.165) is 11.8 Å². The van der Waals surface area contributed by atoms with Crippen LogP contribution in [0.15, 0.2) is 36.0 Å². The number of hydrogen-bond donors (Lipinski definition) is 0. The zero-order valence-electron chi connectivity index (χ0n) is 10.4. The predicted molar refractivity (Wildman–Crippen MR) is 68.8 cm³/mol. The van der Waals surface area contributed by atoms with Crippen LogP contribution in [0.25, 0.3) is 0 Å². The van der Waals surface area contributed by atoms with Gasteiger partial charge in [-0.05, 0) is 51.4 Å². The molecule has 0 spiro atoms. The molecule has 1 aliphatic rings. The minimum atomic E-state index is 0.779. The van der Waals surface area contributed by atoms with Gasteiger partial charge in [-0.25, -0.2) is 0 Å². The third kappa shape index (κ3) is 4.51. The van der Waals surface area contributed by atoms with Gasteiger partial charge in [0.2, 0.25) is 0 Å². The summed E-state index contributed by atoms with van der Waals surface area (Å²) in [7, 11) is 0. The van der Waals surface area contributed by atoms with E-state index in [4.69, 9.17) is 0 Å². The highest BCUT2D eigenvalue weighted by molar-refractivity contribution is 5.19. The van der Waals surface area contributed by atoms with E-state index >= 15 is 0 Å². The molecule has 0 unspecified atom stereocenters. The van der Waals surface area contributed by atoms with Crippen molar-refractivity contribution in [1.82, 2.24) is 0 Å². The molecule has 0 heterocycles. The van der Waals surface area contributed by atoms with Crippen LogP contribution < -0.4 is 0 Å². The summed E-state index contributed by atoms with van der Waals surface area (Å²) in [6.07, 6.45) is 12.0. The minimum absolute atomic E-state index is 0.779. The monoisotopic (exact) mass is 204 g/mol. The van der Waals surface area contributed by atoms with Gasteiger partial charge in [-0.2, -0.15) is 0 Å². The van der Waals surface area contributed by atoms with Crippen molar-refractivity contribution in [3.05, 3.63) is 36.0 Å². The lowest BCUT2D eigenvalue weighted by atomic mass is 9.82. The van der Waals surface area contributed by atoms with E-state index < -0.39 is 0 Å². The van der Waals surface area contributed by atoms with Gasteiger partial charge in [-0.15, -0.1) is 0 Å². The molecule has 0 aliphatic heterocycles. The molecule has 84 valence electrons. The van der Waals surface area contributed by atoms with E-state index in [9.17, 15) is 0 Å². The molecule has 0 aromatic carbocycles. The molecule has 0 N–H and O–H groups in total. The number of rotatable bonds is 4. The van der Waals surface area contributed by atoms with Crippen LogP contribution in [0.4, 0.5) is 0 Å². The minimum Gasteiger partial charge on any atom is -0.0958 e. The maximum absolute atomic E-state index is 4.00. The Morgan fingerprint density at radius 2 is 2.33 bits per heavy atom. The van der Waals surface area contributed by atoms with Crippen LogP contribution >= 0.6 is 0 Å². The first-order valence-electron chi connectivity index (χ1n) is 6.09. The standard InChI is InChI=1S/C15H24/c1-12(2)6-5-7-14(4)15-10-8-13(3)9-11-15/h6,8,10,14-15H,3,5,7,9,11H2,1-2,4H3/t14-,15-/m0/s1. The molecule has 0 nitrogen and oxygen atoms in total. The third-order valence-corrected chi connectivity index (χ3v) is 3.28. The zero-order chi connectivity index (χ0) is 11.3. The van der Waals surface area contributed by atoms with Crippen molar-refractivity contribution in [2.75, 3.05) is 0 Å². The molecule has 15 heavy (non-hydrogen) atoms. The molecule has 0 saturated heterocycles. The van der Waals surface area contributed by atoms with Crippen molar-refractivity contribution in [3.8, 4) is 0 Å². The van der Waals surface area contributed by atoms with E-state index in [0.29, 0.717) is 0 Å². The Hall–Kier alpha value is -0.780. The first-order chi connectivity index (χ1) is 7.09. The van der Waals surface area contributed by atoms with E-state index in [-0.39, 0.29) is 0 Å². The SMILES string of the molecule is C=C1C=C[C@H]([C@@H](C)CCC=C(C)C)CC1. The smallest absolute Gasteiger partial charge is 0.0201 e. The maximum atomic E-state index is 4.00. The molecule has 0 saturated carbocycles. The van der Waals surface area contributed by atoms with E-state index in [2.05, 4.69) is 45.6 Å². The van der Waals surface area contributed by atoms with Crippen LogP contribution in [0.2, 0.25) is 0 Å². The maximum Gasteiger partial charge on any atom is -0.0201 e. The quantitative estimate of drug-likeness (QED) is 0.572. The van der Waals surface area contributed by atoms with Gasteiger partial charge in [0, 0.05) is 0 Å². The molecule has 2 atom stereocenters. The van der Waals surface area contributed by atoms with Crippen LogP contribution in [0.5, 0.6) is 0 Å². The van der Waals surface area contributed by atoms with E-state index in [1.807, 2.05) is 0 Å². The van der Waals surface area contributed by atoms with Crippen molar-refractivity contribution in [2.45, 2.75) is 46.5 Å². The van der Waals surface area contributed by atoms with Gasteiger partial charge in [-0.3, -0.25) is 0 Å². The lowest BCUT2D eigenvalue weighted by molar-refractivity contribution is 0.377. The van der Waals surface area contributed by atoms with Crippen molar-refractivity contribution in [1.29, 1.82) is 0 Å². The average Bonchev–Trinajstić information content (AvgIpc) is 2.18. The Morgan fingerprint density at radius 1 is 1.60 bits per heavy atom. The van der Waals surface area contributed by atoms with Gasteiger partial charge in [0.05, 0.1) is 0 Å². The molecule has 0 aromatic rings. The largest absolute Gasteiger partial charge is 0.0958 e. The first kappa shape index (κ1) is 12.3. The van der Waals surface area contributed by atoms with Crippen molar-refractivity contribution in [2.24, 2.45) is 11.8 Å². The Balaban J connectivity index is 2.34. The summed E-state index contributed by atoms with van der Waals surface area (Å²) in [5.74, 6) is 1.59. The fourth-order valence-electron chi connectivity index (χ4n) is 2.11. The van der Waals surface area contributed by atoms with Gasteiger partial charge < -0.3 is 0 Å². The third-order valence-electron chi connectivity index (χ3n) is 3.28. The fraction of sp³-hybridized carbons (Fsp3) is 0.600. The van der Waals surface area contributed by atoms with Crippen LogP contribution in [0.1, 0.15) is 46.5 Å². The summed E-state index contributed by atoms with van der Waals surface area (Å²) in [6, 6.07) is 0. The first-order valence-corrected chi connectivity index (χ1v) is 6.09. The number of allylic oxidation sites excluding steroid dienone is 5. The van der Waals surface area contributed by atoms with Gasteiger partial charge >= 0.3 is 0 Å². The summed E-state index contributed by atoms with van der Waals surface area (Å²) >= 11 is 0. The second-order valence-corrected chi connectivity index (χ2v) is 5.06. The normalized spacial score (nSPS) is 22.6. The Kier molecular flexibility index (Phi) is 4.87. The molecular formula is C15H24. The molecule has 0 heteroatoms. The Labute approximate surface area is 94.8 Å². The van der Waals surface area contributed by atoms with Gasteiger partial charge in [-0.1, -0.05) is 42.9 Å². The predicted octanol–water partition coefficient (Wildman–Crippen LogP) is 4.89. The lowest BCUT2D eigenvalue weighted by Gasteiger charge is -2.23.